The molecule has 0 radical (unpaired) electrons. The number of hydrogen-bond acceptors (Lipinski definition) is 3. The fraction of sp³-hybridized carbons (Fsp3) is 1.00. The highest BCUT2D eigenvalue weighted by atomic mass is 16.5. The van der Waals surface area contributed by atoms with E-state index in [4.69, 9.17) is 10.5 Å². The van der Waals surface area contributed by atoms with Crippen molar-refractivity contribution in [2.45, 2.75) is 58.2 Å². The minimum absolute atomic E-state index is 0.101. The molecule has 3 nitrogen and oxygen atoms in total. The normalized spacial score (nSPS) is 36.3. The minimum Gasteiger partial charge on any atom is -0.372 e. The smallest absolute Gasteiger partial charge is 0.0634 e. The minimum atomic E-state index is 0.101. The molecule has 1 heterocycles. The summed E-state index contributed by atoms with van der Waals surface area (Å²) >= 11 is 0. The molecule has 1 aliphatic heterocycles. The molecule has 4 atom stereocenters. The summed E-state index contributed by atoms with van der Waals surface area (Å²) in [6.07, 6.45) is 5.61. The van der Waals surface area contributed by atoms with Crippen LogP contribution in [0, 0.1) is 17.8 Å². The zero-order chi connectivity index (χ0) is 13.2. The van der Waals surface area contributed by atoms with E-state index in [1.165, 1.54) is 25.7 Å². The molecule has 1 saturated carbocycles. The summed E-state index contributed by atoms with van der Waals surface area (Å²) in [7, 11) is 0. The van der Waals surface area contributed by atoms with E-state index in [1.807, 2.05) is 0 Å². The number of hydrogen-bond donors (Lipinski definition) is 2. The van der Waals surface area contributed by atoms with Crippen molar-refractivity contribution in [1.29, 1.82) is 0 Å². The van der Waals surface area contributed by atoms with Crippen LogP contribution in [0.4, 0.5) is 0 Å². The van der Waals surface area contributed by atoms with Gasteiger partial charge in [0, 0.05) is 0 Å². The summed E-state index contributed by atoms with van der Waals surface area (Å²) in [5, 5.41) is 3.46. The first-order valence-corrected chi connectivity index (χ1v) is 7.64. The molecule has 0 aromatic carbocycles. The lowest BCUT2D eigenvalue weighted by atomic mass is 9.72. The Bertz CT molecular complexity index is 267. The topological polar surface area (TPSA) is 47.3 Å². The van der Waals surface area contributed by atoms with Crippen LogP contribution in [0.25, 0.3) is 0 Å². The zero-order valence-electron chi connectivity index (χ0n) is 12.2. The molecule has 3 N–H and O–H groups in total. The van der Waals surface area contributed by atoms with Crippen molar-refractivity contribution in [2.75, 3.05) is 19.6 Å². The molecule has 1 saturated heterocycles. The monoisotopic (exact) mass is 254 g/mol. The molecule has 0 spiro atoms. The Kier molecular flexibility index (Phi) is 4.68. The quantitative estimate of drug-likeness (QED) is 0.790. The maximum absolute atomic E-state index is 6.15. The van der Waals surface area contributed by atoms with Gasteiger partial charge in [-0.3, -0.25) is 0 Å². The van der Waals surface area contributed by atoms with Gasteiger partial charge in [0.2, 0.25) is 0 Å². The van der Waals surface area contributed by atoms with Gasteiger partial charge >= 0.3 is 0 Å². The first kappa shape index (κ1) is 14.3. The van der Waals surface area contributed by atoms with Crippen LogP contribution in [-0.4, -0.2) is 31.3 Å². The summed E-state index contributed by atoms with van der Waals surface area (Å²) < 4.78 is 6.15. The van der Waals surface area contributed by atoms with Gasteiger partial charge in [-0.25, -0.2) is 0 Å². The lowest BCUT2D eigenvalue weighted by Crippen LogP contribution is -2.38. The Balaban J connectivity index is 1.89. The summed E-state index contributed by atoms with van der Waals surface area (Å²) in [5.74, 6) is 2.22. The fourth-order valence-corrected chi connectivity index (χ4v) is 3.93. The molecule has 4 unspecified atom stereocenters. The Morgan fingerprint density at radius 1 is 1.39 bits per heavy atom. The van der Waals surface area contributed by atoms with Crippen molar-refractivity contribution in [2.24, 2.45) is 23.5 Å². The van der Waals surface area contributed by atoms with E-state index in [0.717, 1.165) is 31.5 Å². The van der Waals surface area contributed by atoms with Gasteiger partial charge in [-0.1, -0.05) is 6.92 Å². The van der Waals surface area contributed by atoms with E-state index >= 15 is 0 Å². The average Bonchev–Trinajstić information content (AvgIpc) is 2.63. The molecule has 0 aromatic rings. The van der Waals surface area contributed by atoms with Crippen molar-refractivity contribution in [3.05, 3.63) is 0 Å². The molecule has 18 heavy (non-hydrogen) atoms. The summed E-state index contributed by atoms with van der Waals surface area (Å²) in [6.45, 7) is 9.58. The predicted molar refractivity (Wildman–Crippen MR) is 75.5 cm³/mol. The highest BCUT2D eigenvalue weighted by Gasteiger charge is 2.44. The summed E-state index contributed by atoms with van der Waals surface area (Å²) in [5.41, 5.74) is 6.06. The average molecular weight is 254 g/mol. The van der Waals surface area contributed by atoms with Crippen LogP contribution in [0.2, 0.25) is 0 Å². The van der Waals surface area contributed by atoms with Gasteiger partial charge < -0.3 is 15.8 Å². The number of rotatable bonds is 5. The predicted octanol–water partition coefficient (Wildman–Crippen LogP) is 2.15. The molecule has 1 aliphatic carbocycles. The van der Waals surface area contributed by atoms with Crippen LogP contribution in [0.15, 0.2) is 0 Å². The Labute approximate surface area is 112 Å². The Morgan fingerprint density at radius 3 is 2.83 bits per heavy atom. The van der Waals surface area contributed by atoms with E-state index in [0.29, 0.717) is 12.0 Å². The number of ether oxygens (including phenoxy) is 1. The Hall–Kier alpha value is -0.120. The molecule has 2 aliphatic rings. The maximum Gasteiger partial charge on any atom is 0.0634 e. The van der Waals surface area contributed by atoms with Crippen molar-refractivity contribution in [3.63, 3.8) is 0 Å². The highest BCUT2D eigenvalue weighted by Crippen LogP contribution is 2.45. The number of nitrogens with one attached hydrogen (secondary N) is 1. The van der Waals surface area contributed by atoms with Gasteiger partial charge in [0.25, 0.3) is 0 Å². The third-order valence-corrected chi connectivity index (χ3v) is 4.80. The van der Waals surface area contributed by atoms with Gasteiger partial charge in [0.15, 0.2) is 0 Å². The summed E-state index contributed by atoms with van der Waals surface area (Å²) in [6, 6.07) is 0. The van der Waals surface area contributed by atoms with Crippen molar-refractivity contribution in [1.82, 2.24) is 5.32 Å². The van der Waals surface area contributed by atoms with E-state index in [9.17, 15) is 0 Å². The third-order valence-electron chi connectivity index (χ3n) is 4.80. The van der Waals surface area contributed by atoms with Gasteiger partial charge in [-0.05, 0) is 76.9 Å². The van der Waals surface area contributed by atoms with Crippen LogP contribution in [0.5, 0.6) is 0 Å². The second kappa shape index (κ2) is 5.89. The molecular weight excluding hydrogens is 224 g/mol. The van der Waals surface area contributed by atoms with E-state index in [2.05, 4.69) is 26.1 Å². The van der Waals surface area contributed by atoms with Gasteiger partial charge in [-0.2, -0.15) is 0 Å². The van der Waals surface area contributed by atoms with Crippen LogP contribution in [0.1, 0.15) is 46.5 Å². The molecule has 3 heteroatoms. The van der Waals surface area contributed by atoms with Crippen molar-refractivity contribution < 1.29 is 4.74 Å². The van der Waals surface area contributed by atoms with E-state index in [-0.39, 0.29) is 5.60 Å². The summed E-state index contributed by atoms with van der Waals surface area (Å²) in [4.78, 5) is 0. The van der Waals surface area contributed by atoms with Gasteiger partial charge in [0.1, 0.15) is 0 Å². The van der Waals surface area contributed by atoms with Gasteiger partial charge in [0.05, 0.1) is 11.7 Å². The van der Waals surface area contributed by atoms with Crippen LogP contribution >= 0.6 is 0 Å². The maximum atomic E-state index is 6.15. The van der Waals surface area contributed by atoms with E-state index in [1.54, 1.807) is 0 Å². The fourth-order valence-electron chi connectivity index (χ4n) is 3.93. The number of nitrogens with two attached hydrogens (primary N) is 1. The lowest BCUT2D eigenvalue weighted by molar-refractivity contribution is -0.0379. The van der Waals surface area contributed by atoms with E-state index < -0.39 is 0 Å². The molecule has 2 rings (SSSR count). The second-order valence-electron chi connectivity index (χ2n) is 6.76. The van der Waals surface area contributed by atoms with Crippen LogP contribution in [-0.2, 0) is 4.74 Å². The molecule has 0 bridgehead atoms. The first-order chi connectivity index (χ1) is 8.55. The van der Waals surface area contributed by atoms with Crippen molar-refractivity contribution >= 4 is 0 Å². The molecule has 0 amide bonds. The SMILES string of the molecule is CCNCC(CN)C1CCC2OC(C)(C)CC2C1. The Morgan fingerprint density at radius 2 is 2.17 bits per heavy atom. The standard InChI is InChI=1S/C15H30N2O/c1-4-17-10-13(9-16)11-5-6-14-12(7-11)8-15(2,3)18-14/h11-14,17H,4-10,16H2,1-3H3. The molecule has 106 valence electrons. The highest BCUT2D eigenvalue weighted by molar-refractivity contribution is 4.94. The zero-order valence-corrected chi connectivity index (χ0v) is 12.2. The molecule has 0 aromatic heterocycles. The molecular formula is C15H30N2O. The van der Waals surface area contributed by atoms with Crippen LogP contribution in [0.3, 0.4) is 0 Å². The lowest BCUT2D eigenvalue weighted by Gasteiger charge is -2.35. The van der Waals surface area contributed by atoms with Crippen LogP contribution < -0.4 is 11.1 Å². The molecule has 2 fully saturated rings. The largest absolute Gasteiger partial charge is 0.372 e. The third kappa shape index (κ3) is 3.25. The number of fused-ring (bicyclic) bond motifs is 1. The van der Waals surface area contributed by atoms with Gasteiger partial charge in [-0.15, -0.1) is 0 Å². The van der Waals surface area contributed by atoms with Crippen molar-refractivity contribution in [3.8, 4) is 0 Å². The first-order valence-electron chi connectivity index (χ1n) is 7.64. The second-order valence-corrected chi connectivity index (χ2v) is 6.76.